The number of amides is 1. The molecule has 1 fully saturated rings. The Balaban J connectivity index is 1.88. The van der Waals surface area contributed by atoms with Gasteiger partial charge in [0.15, 0.2) is 0 Å². The zero-order valence-corrected chi connectivity index (χ0v) is 16.7. The molecule has 1 aliphatic heterocycles. The quantitative estimate of drug-likeness (QED) is 0.373. The molecule has 1 aromatic heterocycles. The van der Waals surface area contributed by atoms with E-state index in [0.717, 1.165) is 10.9 Å². The first-order valence-corrected chi connectivity index (χ1v) is 9.54. The van der Waals surface area contributed by atoms with Crippen LogP contribution >= 0.6 is 0 Å². The lowest BCUT2D eigenvalue weighted by molar-refractivity contribution is -0.140. The van der Waals surface area contributed by atoms with Gasteiger partial charge in [0.25, 0.3) is 11.7 Å². The van der Waals surface area contributed by atoms with Crippen molar-refractivity contribution in [1.29, 1.82) is 0 Å². The van der Waals surface area contributed by atoms with Gasteiger partial charge in [-0.2, -0.15) is 0 Å². The first-order valence-electron chi connectivity index (χ1n) is 9.54. The van der Waals surface area contributed by atoms with E-state index in [2.05, 4.69) is 4.98 Å². The number of aromatic amines is 1. The molecule has 3 aromatic rings. The Bertz CT molecular complexity index is 1130. The number of H-pyrrole nitrogens is 1. The highest BCUT2D eigenvalue weighted by Gasteiger charge is 2.46. The Kier molecular flexibility index (Phi) is 5.29. The zero-order valence-electron chi connectivity index (χ0n) is 16.7. The SMILES string of the molecule is COCCN1C(=O)C(=O)/C(=C(\O)c2c[nH]c3ccccc23)C1c1ccc(OC)cc1. The largest absolute Gasteiger partial charge is 0.507 e. The maximum Gasteiger partial charge on any atom is 0.295 e. The summed E-state index contributed by atoms with van der Waals surface area (Å²) in [5, 5.41) is 11.9. The normalized spacial score (nSPS) is 18.3. The number of ketones is 1. The molecule has 1 unspecified atom stereocenters. The number of likely N-dealkylation sites (tertiary alicyclic amines) is 1. The number of nitrogens with zero attached hydrogens (tertiary/aromatic N) is 1. The summed E-state index contributed by atoms with van der Waals surface area (Å²) in [6.45, 7) is 0.495. The fraction of sp³-hybridized carbons (Fsp3) is 0.217. The number of Topliss-reactive ketones (excluding diaryl/α,β-unsaturated/α-hetero) is 1. The monoisotopic (exact) mass is 406 g/mol. The third kappa shape index (κ3) is 3.23. The third-order valence-electron chi connectivity index (χ3n) is 5.35. The number of hydrogen-bond donors (Lipinski definition) is 2. The lowest BCUT2D eigenvalue weighted by Crippen LogP contribution is -2.32. The summed E-state index contributed by atoms with van der Waals surface area (Å²) in [7, 11) is 3.10. The minimum atomic E-state index is -0.722. The Hall–Kier alpha value is -3.58. The Labute approximate surface area is 173 Å². The van der Waals surface area contributed by atoms with Crippen LogP contribution in [0.3, 0.4) is 0 Å². The maximum absolute atomic E-state index is 13.0. The van der Waals surface area contributed by atoms with E-state index >= 15 is 0 Å². The van der Waals surface area contributed by atoms with Crippen molar-refractivity contribution in [2.75, 3.05) is 27.4 Å². The molecule has 4 rings (SSSR count). The Morgan fingerprint density at radius 3 is 2.53 bits per heavy atom. The number of aromatic nitrogens is 1. The number of fused-ring (bicyclic) bond motifs is 1. The molecule has 2 N–H and O–H groups in total. The zero-order chi connectivity index (χ0) is 21.3. The van der Waals surface area contributed by atoms with Gasteiger partial charge in [-0.05, 0) is 23.8 Å². The number of carbonyl (C=O) groups excluding carboxylic acids is 2. The van der Waals surface area contributed by atoms with Crippen molar-refractivity contribution in [2.24, 2.45) is 0 Å². The Morgan fingerprint density at radius 1 is 1.10 bits per heavy atom. The Morgan fingerprint density at radius 2 is 1.83 bits per heavy atom. The van der Waals surface area contributed by atoms with E-state index in [9.17, 15) is 14.7 Å². The third-order valence-corrected chi connectivity index (χ3v) is 5.35. The summed E-state index contributed by atoms with van der Waals surface area (Å²) in [4.78, 5) is 30.3. The molecule has 7 heteroatoms. The number of hydrogen-bond acceptors (Lipinski definition) is 5. The molecule has 1 amide bonds. The summed E-state index contributed by atoms with van der Waals surface area (Å²) in [6.07, 6.45) is 1.65. The minimum Gasteiger partial charge on any atom is -0.507 e. The summed E-state index contributed by atoms with van der Waals surface area (Å²) in [6, 6.07) is 13.8. The van der Waals surface area contributed by atoms with Gasteiger partial charge in [-0.15, -0.1) is 0 Å². The van der Waals surface area contributed by atoms with Crippen molar-refractivity contribution in [1.82, 2.24) is 9.88 Å². The van der Waals surface area contributed by atoms with E-state index < -0.39 is 17.7 Å². The molecule has 0 radical (unpaired) electrons. The van der Waals surface area contributed by atoms with E-state index in [1.165, 1.54) is 12.0 Å². The van der Waals surface area contributed by atoms with Crippen LogP contribution in [-0.2, 0) is 14.3 Å². The number of rotatable bonds is 6. The second-order valence-electron chi connectivity index (χ2n) is 7.01. The molecule has 0 spiro atoms. The van der Waals surface area contributed by atoms with Gasteiger partial charge in [0.1, 0.15) is 11.5 Å². The van der Waals surface area contributed by atoms with Gasteiger partial charge in [0, 0.05) is 36.3 Å². The predicted octanol–water partition coefficient (Wildman–Crippen LogP) is 3.24. The molecule has 2 aromatic carbocycles. The van der Waals surface area contributed by atoms with Crippen LogP contribution in [0.4, 0.5) is 0 Å². The standard InChI is InChI=1S/C23H22N2O5/c1-29-12-11-25-20(14-7-9-15(30-2)10-8-14)19(22(27)23(25)28)21(26)17-13-24-18-6-4-3-5-16(17)18/h3-10,13,20,24,26H,11-12H2,1-2H3/b21-19-. The average molecular weight is 406 g/mol. The summed E-state index contributed by atoms with van der Waals surface area (Å²) in [5.74, 6) is -0.917. The van der Waals surface area contributed by atoms with Gasteiger partial charge in [-0.1, -0.05) is 30.3 Å². The molecule has 2 heterocycles. The number of para-hydroxylation sites is 1. The van der Waals surface area contributed by atoms with Crippen LogP contribution in [0, 0.1) is 0 Å². The fourth-order valence-electron chi connectivity index (χ4n) is 3.85. The first kappa shape index (κ1) is 19.7. The molecular weight excluding hydrogens is 384 g/mol. The number of benzene rings is 2. The van der Waals surface area contributed by atoms with Crippen molar-refractivity contribution >= 4 is 28.4 Å². The smallest absolute Gasteiger partial charge is 0.295 e. The van der Waals surface area contributed by atoms with Crippen LogP contribution < -0.4 is 4.74 Å². The van der Waals surface area contributed by atoms with Crippen LogP contribution in [0.2, 0.25) is 0 Å². The van der Waals surface area contributed by atoms with Crippen molar-refractivity contribution in [2.45, 2.75) is 6.04 Å². The lowest BCUT2D eigenvalue weighted by Gasteiger charge is -2.25. The molecule has 0 saturated carbocycles. The number of aliphatic hydroxyl groups excluding tert-OH is 1. The highest BCUT2D eigenvalue weighted by molar-refractivity contribution is 6.46. The highest BCUT2D eigenvalue weighted by Crippen LogP contribution is 2.40. The summed E-state index contributed by atoms with van der Waals surface area (Å²) < 4.78 is 10.3. The van der Waals surface area contributed by atoms with Gasteiger partial charge >= 0.3 is 0 Å². The number of aliphatic hydroxyl groups is 1. The number of methoxy groups -OCH3 is 2. The maximum atomic E-state index is 13.0. The van der Waals surface area contributed by atoms with E-state index in [-0.39, 0.29) is 24.5 Å². The number of ether oxygens (including phenoxy) is 2. The molecule has 30 heavy (non-hydrogen) atoms. The predicted molar refractivity (Wildman–Crippen MR) is 112 cm³/mol. The van der Waals surface area contributed by atoms with E-state index in [1.807, 2.05) is 24.3 Å². The number of carbonyl (C=O) groups is 2. The summed E-state index contributed by atoms with van der Waals surface area (Å²) in [5.41, 5.74) is 2.07. The molecule has 1 saturated heterocycles. The topological polar surface area (TPSA) is 91.9 Å². The van der Waals surface area contributed by atoms with Crippen molar-refractivity contribution in [3.05, 3.63) is 71.4 Å². The molecule has 1 aliphatic rings. The molecule has 0 bridgehead atoms. The van der Waals surface area contributed by atoms with Crippen LogP contribution in [0.15, 0.2) is 60.3 Å². The van der Waals surface area contributed by atoms with Gasteiger partial charge in [0.2, 0.25) is 0 Å². The van der Waals surface area contributed by atoms with Gasteiger partial charge < -0.3 is 24.5 Å². The molecule has 7 nitrogen and oxygen atoms in total. The van der Waals surface area contributed by atoms with Gasteiger partial charge in [0.05, 0.1) is 25.3 Å². The lowest BCUT2D eigenvalue weighted by atomic mass is 9.95. The summed E-state index contributed by atoms with van der Waals surface area (Å²) >= 11 is 0. The molecule has 0 aliphatic carbocycles. The van der Waals surface area contributed by atoms with E-state index in [0.29, 0.717) is 16.9 Å². The van der Waals surface area contributed by atoms with E-state index in [4.69, 9.17) is 9.47 Å². The highest BCUT2D eigenvalue weighted by atomic mass is 16.5. The molecular formula is C23H22N2O5. The average Bonchev–Trinajstić information content (AvgIpc) is 3.31. The second kappa shape index (κ2) is 8.04. The molecule has 1 atom stereocenters. The molecule has 154 valence electrons. The van der Waals surface area contributed by atoms with Gasteiger partial charge in [-0.25, -0.2) is 0 Å². The number of nitrogens with one attached hydrogen (secondary N) is 1. The van der Waals surface area contributed by atoms with Crippen molar-refractivity contribution in [3.8, 4) is 5.75 Å². The van der Waals surface area contributed by atoms with Crippen LogP contribution in [0.25, 0.3) is 16.7 Å². The van der Waals surface area contributed by atoms with Crippen molar-refractivity contribution < 1.29 is 24.2 Å². The van der Waals surface area contributed by atoms with Crippen molar-refractivity contribution in [3.63, 3.8) is 0 Å². The second-order valence-corrected chi connectivity index (χ2v) is 7.01. The van der Waals surface area contributed by atoms with E-state index in [1.54, 1.807) is 37.6 Å². The van der Waals surface area contributed by atoms with Crippen LogP contribution in [0.5, 0.6) is 5.75 Å². The van der Waals surface area contributed by atoms with Crippen LogP contribution in [0.1, 0.15) is 17.2 Å². The minimum absolute atomic E-state index is 0.0611. The fourth-order valence-corrected chi connectivity index (χ4v) is 3.85. The van der Waals surface area contributed by atoms with Gasteiger partial charge in [-0.3, -0.25) is 9.59 Å². The first-order chi connectivity index (χ1) is 14.6. The van der Waals surface area contributed by atoms with Crippen LogP contribution in [-0.4, -0.2) is 54.1 Å².